The Kier molecular flexibility index (Phi) is 9.52. The SMILES string of the molecule is Cn1nc(C(=O)Nc2cc(F)c(CC(=O)COC(OC3CCC(C(=O)O)CC3)N3CCCC3)cc2Cl)c2ccccc21. The second-order valence-electron chi connectivity index (χ2n) is 10.9. The Morgan fingerprint density at radius 2 is 1.86 bits per heavy atom. The molecule has 42 heavy (non-hydrogen) atoms. The molecule has 10 nitrogen and oxygen atoms in total. The Labute approximate surface area is 247 Å². The molecule has 12 heteroatoms. The van der Waals surface area contributed by atoms with Gasteiger partial charge in [-0.15, -0.1) is 0 Å². The van der Waals surface area contributed by atoms with Crippen molar-refractivity contribution in [3.8, 4) is 0 Å². The van der Waals surface area contributed by atoms with Crippen LogP contribution < -0.4 is 5.32 Å². The molecule has 2 aliphatic rings. The molecule has 1 aliphatic carbocycles. The number of hydrogen-bond acceptors (Lipinski definition) is 7. The van der Waals surface area contributed by atoms with Crippen molar-refractivity contribution >= 4 is 45.9 Å². The number of aryl methyl sites for hydroxylation is 1. The van der Waals surface area contributed by atoms with E-state index in [1.165, 1.54) is 6.07 Å². The summed E-state index contributed by atoms with van der Waals surface area (Å²) in [5.41, 5.74) is 1.12. The predicted molar refractivity (Wildman–Crippen MR) is 154 cm³/mol. The normalized spacial score (nSPS) is 20.1. The molecule has 1 amide bonds. The van der Waals surface area contributed by atoms with Gasteiger partial charge in [-0.3, -0.25) is 24.0 Å². The van der Waals surface area contributed by atoms with Gasteiger partial charge in [0.1, 0.15) is 12.4 Å². The van der Waals surface area contributed by atoms with Crippen molar-refractivity contribution in [2.24, 2.45) is 13.0 Å². The molecule has 2 fully saturated rings. The molecule has 1 aliphatic heterocycles. The van der Waals surface area contributed by atoms with Gasteiger partial charge >= 0.3 is 5.97 Å². The lowest BCUT2D eigenvalue weighted by atomic mass is 9.87. The number of halogens is 2. The highest BCUT2D eigenvalue weighted by atomic mass is 35.5. The van der Waals surface area contributed by atoms with Gasteiger partial charge in [0.05, 0.1) is 28.2 Å². The molecule has 3 aromatic rings. The number of anilines is 1. The fourth-order valence-electron chi connectivity index (χ4n) is 5.60. The van der Waals surface area contributed by atoms with Gasteiger partial charge in [-0.1, -0.05) is 29.8 Å². The summed E-state index contributed by atoms with van der Waals surface area (Å²) in [4.78, 5) is 39.0. The van der Waals surface area contributed by atoms with Crippen LogP contribution in [0.3, 0.4) is 0 Å². The number of ether oxygens (including phenoxy) is 2. The number of likely N-dealkylation sites (tertiary alicyclic amines) is 1. The quantitative estimate of drug-likeness (QED) is 0.301. The van der Waals surface area contributed by atoms with Gasteiger partial charge in [0.15, 0.2) is 11.5 Å². The number of aromatic nitrogens is 2. The number of rotatable bonds is 11. The average molecular weight is 601 g/mol. The fourth-order valence-corrected chi connectivity index (χ4v) is 5.84. The Hall–Kier alpha value is -3.38. The highest BCUT2D eigenvalue weighted by molar-refractivity contribution is 6.34. The molecular formula is C30H34ClFN4O6. The molecular weight excluding hydrogens is 567 g/mol. The van der Waals surface area contributed by atoms with Crippen molar-refractivity contribution in [3.63, 3.8) is 0 Å². The van der Waals surface area contributed by atoms with E-state index in [0.717, 1.165) is 37.5 Å². The van der Waals surface area contributed by atoms with E-state index in [1.54, 1.807) is 23.9 Å². The number of fused-ring (bicyclic) bond motifs is 1. The minimum atomic E-state index is -0.782. The predicted octanol–water partition coefficient (Wildman–Crippen LogP) is 4.79. The van der Waals surface area contributed by atoms with Gasteiger partial charge in [-0.25, -0.2) is 4.39 Å². The molecule has 1 saturated heterocycles. The second kappa shape index (κ2) is 13.3. The number of benzene rings is 2. The summed E-state index contributed by atoms with van der Waals surface area (Å²) >= 11 is 6.38. The standard InChI is InChI=1S/C30H34ClFN4O6/c1-35-26-7-3-2-6-22(26)27(34-35)28(38)33-25-16-24(32)19(15-23(25)31)14-20(37)17-41-30(36-12-4-5-13-36)42-21-10-8-18(9-11-21)29(39)40/h2-3,6-7,15-16,18,21,30H,4-5,8-14,17H2,1H3,(H,33,38)(H,39,40). The summed E-state index contributed by atoms with van der Waals surface area (Å²) in [5, 5.41) is 16.9. The summed E-state index contributed by atoms with van der Waals surface area (Å²) in [6.45, 7) is 1.26. The highest BCUT2D eigenvalue weighted by Crippen LogP contribution is 2.30. The third-order valence-corrected chi connectivity index (χ3v) is 8.22. The number of Topliss-reactive ketones (excluding diaryl/α,β-unsaturated/α-hetero) is 1. The van der Waals surface area contributed by atoms with E-state index in [0.29, 0.717) is 31.1 Å². The number of para-hydroxylation sites is 1. The number of hydrogen-bond donors (Lipinski definition) is 2. The Balaban J connectivity index is 1.19. The highest BCUT2D eigenvalue weighted by Gasteiger charge is 2.31. The first-order valence-electron chi connectivity index (χ1n) is 14.2. The largest absolute Gasteiger partial charge is 0.481 e. The van der Waals surface area contributed by atoms with Gasteiger partial charge in [-0.2, -0.15) is 5.10 Å². The lowest BCUT2D eigenvalue weighted by Crippen LogP contribution is -2.42. The van der Waals surface area contributed by atoms with Crippen molar-refractivity contribution in [2.45, 2.75) is 57.5 Å². The molecule has 1 saturated carbocycles. The maximum absolute atomic E-state index is 15.0. The van der Waals surface area contributed by atoms with E-state index in [4.69, 9.17) is 21.1 Å². The topological polar surface area (TPSA) is 123 Å². The van der Waals surface area contributed by atoms with Crippen molar-refractivity contribution in [1.29, 1.82) is 0 Å². The van der Waals surface area contributed by atoms with Crippen molar-refractivity contribution in [2.75, 3.05) is 25.0 Å². The maximum Gasteiger partial charge on any atom is 0.306 e. The summed E-state index contributed by atoms with van der Waals surface area (Å²) in [6, 6.07) is 9.69. The van der Waals surface area contributed by atoms with Crippen LogP contribution in [0.4, 0.5) is 10.1 Å². The first-order chi connectivity index (χ1) is 20.2. The molecule has 2 aromatic carbocycles. The molecule has 2 N–H and O–H groups in total. The summed E-state index contributed by atoms with van der Waals surface area (Å²) in [6.07, 6.45) is 3.17. The zero-order valence-electron chi connectivity index (χ0n) is 23.4. The molecule has 224 valence electrons. The van der Waals surface area contributed by atoms with E-state index in [-0.39, 0.29) is 52.8 Å². The Bertz CT molecular complexity index is 1470. The van der Waals surface area contributed by atoms with Gasteiger partial charge in [-0.05, 0) is 62.3 Å². The monoisotopic (exact) mass is 600 g/mol. The van der Waals surface area contributed by atoms with E-state index in [9.17, 15) is 19.5 Å². The lowest BCUT2D eigenvalue weighted by Gasteiger charge is -2.33. The number of amides is 1. The second-order valence-corrected chi connectivity index (χ2v) is 11.3. The van der Waals surface area contributed by atoms with E-state index < -0.39 is 24.1 Å². The molecule has 0 bridgehead atoms. The van der Waals surface area contributed by atoms with Gasteiger partial charge in [0, 0.05) is 31.9 Å². The van der Waals surface area contributed by atoms with Crippen LogP contribution in [0.5, 0.6) is 0 Å². The minimum Gasteiger partial charge on any atom is -0.481 e. The van der Waals surface area contributed by atoms with Crippen LogP contribution in [-0.2, 0) is 32.5 Å². The number of nitrogens with one attached hydrogen (secondary N) is 1. The van der Waals surface area contributed by atoms with Crippen LogP contribution >= 0.6 is 11.6 Å². The van der Waals surface area contributed by atoms with E-state index >= 15 is 4.39 Å². The number of carboxylic acid groups (broad SMARTS) is 1. The third-order valence-electron chi connectivity index (χ3n) is 7.90. The zero-order chi connectivity index (χ0) is 29.8. The average Bonchev–Trinajstić information content (AvgIpc) is 3.63. The Morgan fingerprint density at radius 1 is 1.14 bits per heavy atom. The van der Waals surface area contributed by atoms with Crippen LogP contribution in [0.25, 0.3) is 10.9 Å². The maximum atomic E-state index is 15.0. The van der Waals surface area contributed by atoms with E-state index in [1.807, 2.05) is 17.0 Å². The molecule has 1 unspecified atom stereocenters. The van der Waals surface area contributed by atoms with Crippen molar-refractivity contribution in [1.82, 2.24) is 14.7 Å². The van der Waals surface area contributed by atoms with Crippen LogP contribution in [-0.4, -0.2) is 69.7 Å². The van der Waals surface area contributed by atoms with Crippen LogP contribution in [0.15, 0.2) is 36.4 Å². The summed E-state index contributed by atoms with van der Waals surface area (Å²) in [7, 11) is 1.73. The number of carboxylic acids is 1. The van der Waals surface area contributed by atoms with Gasteiger partial charge in [0.25, 0.3) is 5.91 Å². The molecule has 2 heterocycles. The smallest absolute Gasteiger partial charge is 0.306 e. The lowest BCUT2D eigenvalue weighted by molar-refractivity contribution is -0.243. The van der Waals surface area contributed by atoms with Crippen LogP contribution in [0.2, 0.25) is 5.02 Å². The van der Waals surface area contributed by atoms with E-state index in [2.05, 4.69) is 10.4 Å². The molecule has 1 aromatic heterocycles. The number of ketones is 1. The van der Waals surface area contributed by atoms with Crippen molar-refractivity contribution in [3.05, 3.63) is 58.5 Å². The van der Waals surface area contributed by atoms with Crippen molar-refractivity contribution < 1.29 is 33.4 Å². The molecule has 5 rings (SSSR count). The Morgan fingerprint density at radius 3 is 2.57 bits per heavy atom. The number of carbonyl (C=O) groups excluding carboxylic acids is 2. The van der Waals surface area contributed by atoms with Gasteiger partial charge < -0.3 is 19.9 Å². The minimum absolute atomic E-state index is 0.0708. The summed E-state index contributed by atoms with van der Waals surface area (Å²) < 4.78 is 28.7. The van der Waals surface area contributed by atoms with Gasteiger partial charge in [0.2, 0.25) is 6.41 Å². The molecule has 0 radical (unpaired) electrons. The van der Waals surface area contributed by atoms with Crippen LogP contribution in [0.1, 0.15) is 54.6 Å². The molecule has 0 spiro atoms. The third kappa shape index (κ3) is 6.97. The fraction of sp³-hybridized carbons (Fsp3) is 0.467. The first-order valence-corrected chi connectivity index (χ1v) is 14.5. The van der Waals surface area contributed by atoms with Crippen LogP contribution in [0, 0.1) is 11.7 Å². The first kappa shape index (κ1) is 30.1. The number of aliphatic carboxylic acids is 1. The number of carbonyl (C=O) groups is 3. The number of nitrogens with zero attached hydrogens (tertiary/aromatic N) is 3. The summed E-state index contributed by atoms with van der Waals surface area (Å²) in [5.74, 6) is -2.71. The zero-order valence-corrected chi connectivity index (χ0v) is 24.1. The molecule has 1 atom stereocenters.